The van der Waals surface area contributed by atoms with Crippen molar-refractivity contribution in [1.82, 2.24) is 5.06 Å². The fourth-order valence-electron chi connectivity index (χ4n) is 1.40. The number of hydrogen-bond donors (Lipinski definition) is 0. The van der Waals surface area contributed by atoms with E-state index in [1.807, 2.05) is 0 Å². The first kappa shape index (κ1) is 16.6. The summed E-state index contributed by atoms with van der Waals surface area (Å²) in [6, 6.07) is 8.47. The van der Waals surface area contributed by atoms with Gasteiger partial charge >= 0.3 is 5.97 Å². The standard InChI is InChI=1S/C13H19NO5S/c1-11(2)19-20(16,17)10-9-14(3)18-13(15)12-7-5-4-6-8-12/h4-8,11H,9-10H2,1-3H3. The van der Waals surface area contributed by atoms with Crippen molar-refractivity contribution in [3.63, 3.8) is 0 Å². The molecule has 0 fully saturated rings. The van der Waals surface area contributed by atoms with Gasteiger partial charge in [0.25, 0.3) is 10.1 Å². The molecule has 0 N–H and O–H groups in total. The lowest BCUT2D eigenvalue weighted by atomic mass is 10.2. The third-order valence-corrected chi connectivity index (χ3v) is 3.60. The summed E-state index contributed by atoms with van der Waals surface area (Å²) in [6.07, 6.45) is -0.405. The summed E-state index contributed by atoms with van der Waals surface area (Å²) >= 11 is 0. The minimum atomic E-state index is -3.61. The third-order valence-electron chi connectivity index (χ3n) is 2.24. The zero-order valence-corrected chi connectivity index (χ0v) is 12.6. The lowest BCUT2D eigenvalue weighted by Gasteiger charge is -2.16. The number of hydrogen-bond acceptors (Lipinski definition) is 6. The van der Waals surface area contributed by atoms with Gasteiger partial charge in [0, 0.05) is 7.05 Å². The van der Waals surface area contributed by atoms with Gasteiger partial charge in [0.2, 0.25) is 0 Å². The highest BCUT2D eigenvalue weighted by atomic mass is 32.2. The van der Waals surface area contributed by atoms with Crippen LogP contribution in [0.4, 0.5) is 0 Å². The Bertz CT molecular complexity index is 527. The molecule has 0 unspecified atom stereocenters. The SMILES string of the molecule is CC(C)OS(=O)(=O)CCN(C)OC(=O)c1ccccc1. The molecule has 0 aliphatic carbocycles. The van der Waals surface area contributed by atoms with Crippen LogP contribution in [-0.4, -0.2) is 44.9 Å². The van der Waals surface area contributed by atoms with Crippen LogP contribution >= 0.6 is 0 Å². The van der Waals surface area contributed by atoms with Gasteiger partial charge in [-0.2, -0.15) is 8.42 Å². The first-order valence-corrected chi connectivity index (χ1v) is 7.77. The normalized spacial score (nSPS) is 11.8. The van der Waals surface area contributed by atoms with Gasteiger partial charge < -0.3 is 4.84 Å². The lowest BCUT2D eigenvalue weighted by molar-refractivity contribution is -0.0864. The molecule has 0 saturated heterocycles. The predicted molar refractivity (Wildman–Crippen MR) is 74.5 cm³/mol. The summed E-state index contributed by atoms with van der Waals surface area (Å²) in [7, 11) is -2.12. The number of carbonyl (C=O) groups is 1. The summed E-state index contributed by atoms with van der Waals surface area (Å²) in [5.41, 5.74) is 0.403. The molecule has 7 heteroatoms. The van der Waals surface area contributed by atoms with Gasteiger partial charge in [0.15, 0.2) is 0 Å². The number of nitrogens with zero attached hydrogens (tertiary/aromatic N) is 1. The van der Waals surface area contributed by atoms with Crippen LogP contribution in [0.5, 0.6) is 0 Å². The zero-order chi connectivity index (χ0) is 15.2. The van der Waals surface area contributed by atoms with E-state index < -0.39 is 22.2 Å². The summed E-state index contributed by atoms with van der Waals surface area (Å²) in [5, 5.41) is 1.18. The largest absolute Gasteiger partial charge is 0.364 e. The summed E-state index contributed by atoms with van der Waals surface area (Å²) in [6.45, 7) is 3.31. The average Bonchev–Trinajstić information content (AvgIpc) is 2.36. The van der Waals surface area contributed by atoms with Gasteiger partial charge in [-0.15, -0.1) is 5.06 Å². The Kier molecular flexibility index (Phi) is 6.12. The fourth-order valence-corrected chi connectivity index (χ4v) is 2.56. The highest BCUT2D eigenvalue weighted by molar-refractivity contribution is 7.86. The van der Waals surface area contributed by atoms with Gasteiger partial charge in [-0.1, -0.05) is 18.2 Å². The van der Waals surface area contributed by atoms with Gasteiger partial charge in [-0.25, -0.2) is 4.79 Å². The van der Waals surface area contributed by atoms with E-state index in [0.29, 0.717) is 5.56 Å². The fraction of sp³-hybridized carbons (Fsp3) is 0.462. The summed E-state index contributed by atoms with van der Waals surface area (Å²) < 4.78 is 27.8. The number of benzene rings is 1. The minimum absolute atomic E-state index is 0.0353. The second-order valence-corrected chi connectivity index (χ2v) is 6.22. The molecular formula is C13H19NO5S. The molecule has 0 aromatic heterocycles. The smallest absolute Gasteiger partial charge is 0.357 e. The first-order valence-electron chi connectivity index (χ1n) is 6.19. The molecule has 0 bridgehead atoms. The summed E-state index contributed by atoms with van der Waals surface area (Å²) in [4.78, 5) is 16.7. The second-order valence-electron chi connectivity index (χ2n) is 4.50. The number of rotatable bonds is 7. The molecule has 0 radical (unpaired) electrons. The molecule has 0 saturated carbocycles. The van der Waals surface area contributed by atoms with Crippen molar-refractivity contribution >= 4 is 16.1 Å². The Labute approximate surface area is 119 Å². The van der Waals surface area contributed by atoms with Crippen LogP contribution in [0.15, 0.2) is 30.3 Å². The van der Waals surface area contributed by atoms with E-state index in [2.05, 4.69) is 0 Å². The lowest BCUT2D eigenvalue weighted by Crippen LogP contribution is -2.30. The van der Waals surface area contributed by atoms with Crippen molar-refractivity contribution in [2.24, 2.45) is 0 Å². The van der Waals surface area contributed by atoms with Crippen LogP contribution in [0.25, 0.3) is 0 Å². The molecule has 1 aromatic rings. The second kappa shape index (κ2) is 7.37. The summed E-state index contributed by atoms with van der Waals surface area (Å²) in [5.74, 6) is -0.778. The Hall–Kier alpha value is -1.44. The van der Waals surface area contributed by atoms with Gasteiger partial charge in [0.1, 0.15) is 0 Å². The Morgan fingerprint density at radius 1 is 1.25 bits per heavy atom. The molecule has 1 aromatic carbocycles. The molecular weight excluding hydrogens is 282 g/mol. The maximum absolute atomic E-state index is 11.7. The number of carbonyl (C=O) groups excluding carboxylic acids is 1. The molecule has 0 heterocycles. The van der Waals surface area contributed by atoms with E-state index in [-0.39, 0.29) is 12.3 Å². The minimum Gasteiger partial charge on any atom is -0.364 e. The average molecular weight is 301 g/mol. The highest BCUT2D eigenvalue weighted by Gasteiger charge is 2.17. The van der Waals surface area contributed by atoms with Gasteiger partial charge in [0.05, 0.1) is 24.0 Å². The maximum Gasteiger partial charge on any atom is 0.357 e. The van der Waals surface area contributed by atoms with Crippen molar-refractivity contribution in [2.75, 3.05) is 19.3 Å². The van der Waals surface area contributed by atoms with Crippen LogP contribution in [0.3, 0.4) is 0 Å². The molecule has 0 amide bonds. The molecule has 1 rings (SSSR count). The van der Waals surface area contributed by atoms with E-state index in [9.17, 15) is 13.2 Å². The number of hydroxylamine groups is 2. The van der Waals surface area contributed by atoms with Crippen molar-refractivity contribution in [3.8, 4) is 0 Å². The van der Waals surface area contributed by atoms with Crippen molar-refractivity contribution < 1.29 is 22.2 Å². The third kappa shape index (κ3) is 6.14. The van der Waals surface area contributed by atoms with E-state index in [1.165, 1.54) is 12.1 Å². The van der Waals surface area contributed by atoms with E-state index in [1.54, 1.807) is 44.2 Å². The van der Waals surface area contributed by atoms with Crippen molar-refractivity contribution in [1.29, 1.82) is 0 Å². The topological polar surface area (TPSA) is 72.9 Å². The first-order chi connectivity index (χ1) is 9.30. The predicted octanol–water partition coefficient (Wildman–Crippen LogP) is 1.44. The molecule has 0 aliphatic heterocycles. The highest BCUT2D eigenvalue weighted by Crippen LogP contribution is 2.04. The van der Waals surface area contributed by atoms with Gasteiger partial charge in [-0.05, 0) is 26.0 Å². The van der Waals surface area contributed by atoms with Crippen molar-refractivity contribution in [3.05, 3.63) is 35.9 Å². The van der Waals surface area contributed by atoms with Gasteiger partial charge in [-0.3, -0.25) is 4.18 Å². The van der Waals surface area contributed by atoms with E-state index in [4.69, 9.17) is 9.02 Å². The Balaban J connectivity index is 2.45. The molecule has 20 heavy (non-hydrogen) atoms. The van der Waals surface area contributed by atoms with Crippen LogP contribution in [0.1, 0.15) is 24.2 Å². The molecule has 0 spiro atoms. The zero-order valence-electron chi connectivity index (χ0n) is 11.8. The molecule has 0 aliphatic rings. The quantitative estimate of drug-likeness (QED) is 0.560. The van der Waals surface area contributed by atoms with Crippen LogP contribution < -0.4 is 0 Å². The van der Waals surface area contributed by atoms with Crippen LogP contribution in [-0.2, 0) is 19.1 Å². The molecule has 0 atom stereocenters. The molecule has 112 valence electrons. The van der Waals surface area contributed by atoms with E-state index in [0.717, 1.165) is 0 Å². The molecule has 6 nitrogen and oxygen atoms in total. The van der Waals surface area contributed by atoms with Crippen LogP contribution in [0, 0.1) is 0 Å². The van der Waals surface area contributed by atoms with Crippen LogP contribution in [0.2, 0.25) is 0 Å². The monoisotopic (exact) mass is 301 g/mol. The maximum atomic E-state index is 11.7. The van der Waals surface area contributed by atoms with E-state index >= 15 is 0 Å². The Morgan fingerprint density at radius 2 is 1.85 bits per heavy atom. The Morgan fingerprint density at radius 3 is 2.40 bits per heavy atom. The van der Waals surface area contributed by atoms with Crippen molar-refractivity contribution in [2.45, 2.75) is 20.0 Å².